The minimum atomic E-state index is -0.342. The van der Waals surface area contributed by atoms with Gasteiger partial charge in [0.05, 0.1) is 18.6 Å². The van der Waals surface area contributed by atoms with Gasteiger partial charge < -0.3 is 15.1 Å². The quantitative estimate of drug-likeness (QED) is 0.793. The molecule has 4 heterocycles. The van der Waals surface area contributed by atoms with Crippen molar-refractivity contribution in [1.29, 1.82) is 0 Å². The van der Waals surface area contributed by atoms with Crippen molar-refractivity contribution in [2.75, 3.05) is 38.5 Å². The molecule has 1 saturated heterocycles. The van der Waals surface area contributed by atoms with Crippen LogP contribution in [0.4, 0.5) is 10.6 Å². The summed E-state index contributed by atoms with van der Waals surface area (Å²) in [7, 11) is 2.13. The molecule has 156 valence electrons. The van der Waals surface area contributed by atoms with Crippen molar-refractivity contribution >= 4 is 17.7 Å². The van der Waals surface area contributed by atoms with Gasteiger partial charge in [-0.05, 0) is 59.4 Å². The summed E-state index contributed by atoms with van der Waals surface area (Å²) >= 11 is 0. The van der Waals surface area contributed by atoms with Gasteiger partial charge in [0.15, 0.2) is 0 Å². The van der Waals surface area contributed by atoms with Crippen LogP contribution in [-0.2, 0) is 0 Å². The Hall–Kier alpha value is -2.41. The number of aryl methyl sites for hydroxylation is 1. The van der Waals surface area contributed by atoms with E-state index in [2.05, 4.69) is 49.9 Å². The predicted molar refractivity (Wildman–Crippen MR) is 116 cm³/mol. The second kappa shape index (κ2) is 7.13. The Labute approximate surface area is 173 Å². The van der Waals surface area contributed by atoms with Crippen molar-refractivity contribution in [1.82, 2.24) is 19.7 Å². The zero-order valence-electron chi connectivity index (χ0n) is 18.4. The van der Waals surface area contributed by atoms with Gasteiger partial charge >= 0.3 is 6.03 Å². The highest BCUT2D eigenvalue weighted by Gasteiger charge is 2.47. The Morgan fingerprint density at radius 3 is 2.69 bits per heavy atom. The number of carbonyl (C=O) groups excluding carboxylic acids is 1. The second-order valence-electron chi connectivity index (χ2n) is 9.13. The summed E-state index contributed by atoms with van der Waals surface area (Å²) < 4.78 is 0. The van der Waals surface area contributed by atoms with Gasteiger partial charge in [0.25, 0.3) is 0 Å². The number of nitrogens with one attached hydrogen (secondary N) is 1. The average molecular weight is 397 g/mol. The molecule has 1 aromatic heterocycles. The van der Waals surface area contributed by atoms with Crippen LogP contribution in [0.3, 0.4) is 0 Å². The summed E-state index contributed by atoms with van der Waals surface area (Å²) in [6.45, 7) is 13.5. The number of nitrogens with zero attached hydrogens (tertiary/aromatic N) is 5. The van der Waals surface area contributed by atoms with Crippen LogP contribution in [0.1, 0.15) is 33.4 Å². The molecule has 2 amide bonds. The van der Waals surface area contributed by atoms with Gasteiger partial charge in [0.1, 0.15) is 11.7 Å². The van der Waals surface area contributed by atoms with E-state index in [1.165, 1.54) is 5.57 Å². The molecule has 7 nitrogen and oxygen atoms in total. The number of amides is 2. The number of anilines is 1. The summed E-state index contributed by atoms with van der Waals surface area (Å²) in [4.78, 5) is 29.2. The lowest BCUT2D eigenvalue weighted by molar-refractivity contribution is 0.0553. The first-order valence-corrected chi connectivity index (χ1v) is 10.4. The van der Waals surface area contributed by atoms with Crippen molar-refractivity contribution < 1.29 is 4.79 Å². The van der Waals surface area contributed by atoms with E-state index in [1.807, 2.05) is 34.9 Å². The van der Waals surface area contributed by atoms with Crippen LogP contribution in [0, 0.1) is 6.92 Å². The fraction of sp³-hybridized carbons (Fsp3) is 0.591. The maximum Gasteiger partial charge on any atom is 0.321 e. The zero-order chi connectivity index (χ0) is 20.9. The fourth-order valence-electron chi connectivity index (χ4n) is 4.62. The molecule has 0 aromatic carbocycles. The fourth-order valence-corrected chi connectivity index (χ4v) is 4.62. The number of aliphatic imine (C=N–C) groups is 1. The number of rotatable bonds is 1. The van der Waals surface area contributed by atoms with Gasteiger partial charge in [-0.2, -0.15) is 0 Å². The van der Waals surface area contributed by atoms with Crippen LogP contribution >= 0.6 is 0 Å². The standard InChI is InChI=1S/C22H32N6O/c1-14-8-7-9-19(24-14)25-20-17-13-28(22(4,5)18(17)10-23-20)21(29)27-12-15(2)26(6)11-16(27)3/h7-9,15-16H,10-13H2,1-6H3,(H,23,24,25)/t15-,16+/m1/s1. The molecule has 3 aliphatic heterocycles. The molecule has 3 aliphatic rings. The molecule has 0 saturated carbocycles. The lowest BCUT2D eigenvalue weighted by Crippen LogP contribution is -2.61. The Balaban J connectivity index is 1.53. The average Bonchev–Trinajstić information content (AvgIpc) is 3.16. The first kappa shape index (κ1) is 19.9. The molecule has 1 fully saturated rings. The number of aromatic nitrogens is 1. The topological polar surface area (TPSA) is 64.1 Å². The molecule has 0 aliphatic carbocycles. The van der Waals surface area contributed by atoms with Crippen molar-refractivity contribution in [2.45, 2.75) is 52.2 Å². The number of urea groups is 1. The number of pyridine rings is 1. The van der Waals surface area contributed by atoms with E-state index in [9.17, 15) is 4.79 Å². The lowest BCUT2D eigenvalue weighted by Gasteiger charge is -2.46. The van der Waals surface area contributed by atoms with Gasteiger partial charge in [0, 0.05) is 36.4 Å². The van der Waals surface area contributed by atoms with Crippen LogP contribution in [-0.4, -0.2) is 82.4 Å². The zero-order valence-corrected chi connectivity index (χ0v) is 18.4. The van der Waals surface area contributed by atoms with E-state index in [1.54, 1.807) is 0 Å². The summed E-state index contributed by atoms with van der Waals surface area (Å²) in [6.07, 6.45) is 0. The summed E-state index contributed by atoms with van der Waals surface area (Å²) in [5.74, 6) is 1.64. The van der Waals surface area contributed by atoms with Gasteiger partial charge in [-0.3, -0.25) is 9.89 Å². The highest BCUT2D eigenvalue weighted by Crippen LogP contribution is 2.39. The first-order valence-electron chi connectivity index (χ1n) is 10.4. The maximum absolute atomic E-state index is 13.6. The molecule has 1 N–H and O–H groups in total. The van der Waals surface area contributed by atoms with Crippen molar-refractivity contribution in [3.8, 4) is 0 Å². The van der Waals surface area contributed by atoms with Gasteiger partial charge in [-0.1, -0.05) is 6.07 Å². The second-order valence-corrected chi connectivity index (χ2v) is 9.13. The summed E-state index contributed by atoms with van der Waals surface area (Å²) in [5.41, 5.74) is 2.99. The molecule has 4 rings (SSSR count). The Morgan fingerprint density at radius 1 is 1.21 bits per heavy atom. The van der Waals surface area contributed by atoms with Gasteiger partial charge in [-0.25, -0.2) is 9.78 Å². The van der Waals surface area contributed by atoms with E-state index < -0.39 is 0 Å². The first-order chi connectivity index (χ1) is 13.7. The van der Waals surface area contributed by atoms with E-state index in [4.69, 9.17) is 4.99 Å². The Morgan fingerprint density at radius 2 is 1.97 bits per heavy atom. The number of carbonyl (C=O) groups is 1. The van der Waals surface area contributed by atoms with Gasteiger partial charge in [-0.15, -0.1) is 0 Å². The molecule has 0 radical (unpaired) electrons. The minimum absolute atomic E-state index is 0.130. The third kappa shape index (κ3) is 3.41. The van der Waals surface area contributed by atoms with Crippen molar-refractivity contribution in [2.24, 2.45) is 4.99 Å². The van der Waals surface area contributed by atoms with Crippen LogP contribution < -0.4 is 5.32 Å². The third-order valence-electron chi connectivity index (χ3n) is 6.68. The van der Waals surface area contributed by atoms with E-state index >= 15 is 0 Å². The van der Waals surface area contributed by atoms with Crippen molar-refractivity contribution in [3.05, 3.63) is 35.0 Å². The normalized spacial score (nSPS) is 26.6. The van der Waals surface area contributed by atoms with Crippen LogP contribution in [0.5, 0.6) is 0 Å². The number of likely N-dealkylation sites (N-methyl/N-ethyl adjacent to an activating group) is 1. The number of amidine groups is 1. The van der Waals surface area contributed by atoms with Crippen LogP contribution in [0.15, 0.2) is 34.3 Å². The minimum Gasteiger partial charge on any atom is -0.325 e. The number of piperazine rings is 1. The number of hydrogen-bond acceptors (Lipinski definition) is 5. The predicted octanol–water partition coefficient (Wildman–Crippen LogP) is 2.75. The SMILES string of the molecule is Cc1cccc(NC2=NCC3=C2CN(C(=O)N2C[C@@H](C)N(C)C[C@@H]2C)C3(C)C)n1. The molecule has 0 spiro atoms. The molecular formula is C22H32N6O. The van der Waals surface area contributed by atoms with Gasteiger partial charge in [0.2, 0.25) is 0 Å². The highest BCUT2D eigenvalue weighted by molar-refractivity contribution is 6.11. The van der Waals surface area contributed by atoms with E-state index in [0.29, 0.717) is 19.1 Å². The molecule has 0 bridgehead atoms. The monoisotopic (exact) mass is 396 g/mol. The largest absolute Gasteiger partial charge is 0.325 e. The molecule has 1 aromatic rings. The molecule has 0 unspecified atom stereocenters. The third-order valence-corrected chi connectivity index (χ3v) is 6.68. The van der Waals surface area contributed by atoms with Crippen LogP contribution in [0.25, 0.3) is 0 Å². The Bertz CT molecular complexity index is 889. The Kier molecular flexibility index (Phi) is 4.89. The maximum atomic E-state index is 13.6. The summed E-state index contributed by atoms with van der Waals surface area (Å²) in [5, 5.41) is 3.37. The molecule has 2 atom stereocenters. The molecule has 7 heteroatoms. The van der Waals surface area contributed by atoms with E-state index in [-0.39, 0.29) is 17.6 Å². The smallest absolute Gasteiger partial charge is 0.321 e. The van der Waals surface area contributed by atoms with Crippen molar-refractivity contribution in [3.63, 3.8) is 0 Å². The number of hydrogen-bond donors (Lipinski definition) is 1. The molecule has 29 heavy (non-hydrogen) atoms. The molecular weight excluding hydrogens is 364 g/mol. The highest BCUT2D eigenvalue weighted by atomic mass is 16.2. The van der Waals surface area contributed by atoms with E-state index in [0.717, 1.165) is 36.0 Å². The van der Waals surface area contributed by atoms with Crippen LogP contribution in [0.2, 0.25) is 0 Å². The summed E-state index contributed by atoms with van der Waals surface area (Å²) in [6, 6.07) is 6.61. The lowest BCUT2D eigenvalue weighted by atomic mass is 9.94.